The van der Waals surface area contributed by atoms with Gasteiger partial charge in [0, 0.05) is 4.47 Å². The zero-order valence-corrected chi connectivity index (χ0v) is 8.52. The van der Waals surface area contributed by atoms with E-state index >= 15 is 0 Å². The van der Waals surface area contributed by atoms with E-state index in [-0.39, 0.29) is 5.82 Å². The Hall–Kier alpha value is -0.410. The average Bonchev–Trinajstić information content (AvgIpc) is 2.00. The van der Waals surface area contributed by atoms with Crippen molar-refractivity contribution in [2.75, 3.05) is 0 Å². The molecule has 0 aliphatic carbocycles. The van der Waals surface area contributed by atoms with Crippen molar-refractivity contribution in [3.8, 4) is 0 Å². The van der Waals surface area contributed by atoms with E-state index < -0.39 is 6.10 Å². The molecule has 0 radical (unpaired) electrons. The van der Waals surface area contributed by atoms with Gasteiger partial charge in [-0.2, -0.15) is 0 Å². The van der Waals surface area contributed by atoms with Gasteiger partial charge in [0.15, 0.2) is 0 Å². The molecule has 0 aromatic heterocycles. The molecule has 0 spiro atoms. The number of halogens is 2. The fourth-order valence-electron chi connectivity index (χ4n) is 1.01. The van der Waals surface area contributed by atoms with Crippen LogP contribution >= 0.6 is 15.9 Å². The molecule has 1 atom stereocenters. The summed E-state index contributed by atoms with van der Waals surface area (Å²) in [7, 11) is 0. The molecule has 12 heavy (non-hydrogen) atoms. The van der Waals surface area contributed by atoms with E-state index in [4.69, 9.17) is 0 Å². The fourth-order valence-corrected chi connectivity index (χ4v) is 1.66. The minimum Gasteiger partial charge on any atom is -0.389 e. The van der Waals surface area contributed by atoms with Gasteiger partial charge in [0.25, 0.3) is 0 Å². The second-order valence-electron chi connectivity index (χ2n) is 2.75. The van der Waals surface area contributed by atoms with Crippen molar-refractivity contribution in [1.82, 2.24) is 0 Å². The molecule has 0 saturated heterocycles. The molecule has 0 bridgehead atoms. The summed E-state index contributed by atoms with van der Waals surface area (Å²) in [6.07, 6.45) is -0.571. The third kappa shape index (κ3) is 1.67. The van der Waals surface area contributed by atoms with Crippen molar-refractivity contribution in [2.45, 2.75) is 20.0 Å². The maximum atomic E-state index is 12.9. The van der Waals surface area contributed by atoms with Crippen LogP contribution in [0.5, 0.6) is 0 Å². The lowest BCUT2D eigenvalue weighted by atomic mass is 10.1. The Morgan fingerprint density at radius 2 is 2.08 bits per heavy atom. The van der Waals surface area contributed by atoms with Crippen LogP contribution < -0.4 is 0 Å². The van der Waals surface area contributed by atoms with Crippen LogP contribution in [0.15, 0.2) is 16.6 Å². The van der Waals surface area contributed by atoms with Gasteiger partial charge in [-0.3, -0.25) is 0 Å². The molecule has 1 aromatic rings. The molecule has 66 valence electrons. The topological polar surface area (TPSA) is 20.2 Å². The first-order valence-electron chi connectivity index (χ1n) is 3.66. The maximum absolute atomic E-state index is 12.9. The Morgan fingerprint density at radius 1 is 1.50 bits per heavy atom. The normalized spacial score (nSPS) is 13.1. The van der Waals surface area contributed by atoms with Gasteiger partial charge in [-0.05, 0) is 31.0 Å². The number of hydrogen-bond donors (Lipinski definition) is 1. The summed E-state index contributed by atoms with van der Waals surface area (Å²) in [5.41, 5.74) is 1.25. The van der Waals surface area contributed by atoms with E-state index in [0.29, 0.717) is 15.6 Å². The van der Waals surface area contributed by atoms with Crippen LogP contribution in [0.3, 0.4) is 0 Å². The first kappa shape index (κ1) is 9.68. The van der Waals surface area contributed by atoms with Crippen LogP contribution in [0.1, 0.15) is 24.2 Å². The van der Waals surface area contributed by atoms with Gasteiger partial charge in [-0.25, -0.2) is 4.39 Å². The van der Waals surface area contributed by atoms with Gasteiger partial charge in [0.05, 0.1) is 6.10 Å². The first-order valence-corrected chi connectivity index (χ1v) is 4.46. The summed E-state index contributed by atoms with van der Waals surface area (Å²) < 4.78 is 13.6. The molecule has 0 amide bonds. The van der Waals surface area contributed by atoms with Crippen molar-refractivity contribution in [2.24, 2.45) is 0 Å². The van der Waals surface area contributed by atoms with Crippen molar-refractivity contribution in [1.29, 1.82) is 0 Å². The lowest BCUT2D eigenvalue weighted by molar-refractivity contribution is 0.198. The standard InChI is InChI=1S/C9H10BrFO/c1-5-8(11)4-3-7(6(2)12)9(5)10/h3-4,6,12H,1-2H3. The molecule has 3 heteroatoms. The quantitative estimate of drug-likeness (QED) is 0.790. The van der Waals surface area contributed by atoms with Gasteiger partial charge in [0.1, 0.15) is 5.82 Å². The molecule has 1 unspecified atom stereocenters. The molecule has 0 saturated carbocycles. The molecule has 1 aromatic carbocycles. The van der Waals surface area contributed by atoms with Crippen LogP contribution in [0.25, 0.3) is 0 Å². The van der Waals surface area contributed by atoms with Crippen molar-refractivity contribution in [3.63, 3.8) is 0 Å². The summed E-state index contributed by atoms with van der Waals surface area (Å²) >= 11 is 3.23. The van der Waals surface area contributed by atoms with E-state index in [1.807, 2.05) is 0 Å². The molecule has 0 fully saturated rings. The first-order chi connectivity index (χ1) is 5.54. The Labute approximate surface area is 79.4 Å². The van der Waals surface area contributed by atoms with Gasteiger partial charge >= 0.3 is 0 Å². The van der Waals surface area contributed by atoms with Crippen LogP contribution in [-0.4, -0.2) is 5.11 Å². The number of aliphatic hydroxyl groups is 1. The smallest absolute Gasteiger partial charge is 0.127 e. The van der Waals surface area contributed by atoms with E-state index in [9.17, 15) is 9.50 Å². The molecule has 1 rings (SSSR count). The highest BCUT2D eigenvalue weighted by atomic mass is 79.9. The molecule has 0 heterocycles. The summed E-state index contributed by atoms with van der Waals surface area (Å²) in [4.78, 5) is 0. The molecule has 0 aliphatic rings. The highest BCUT2D eigenvalue weighted by Gasteiger charge is 2.10. The van der Waals surface area contributed by atoms with E-state index in [1.165, 1.54) is 6.07 Å². The summed E-state index contributed by atoms with van der Waals surface area (Å²) in [5, 5.41) is 9.27. The second kappa shape index (κ2) is 3.54. The summed E-state index contributed by atoms with van der Waals surface area (Å²) in [6, 6.07) is 2.94. The Bertz CT molecular complexity index is 297. The van der Waals surface area contributed by atoms with Gasteiger partial charge < -0.3 is 5.11 Å². The Balaban J connectivity index is 3.27. The Morgan fingerprint density at radius 3 is 2.58 bits per heavy atom. The van der Waals surface area contributed by atoms with Crippen molar-refractivity contribution < 1.29 is 9.50 Å². The third-order valence-corrected chi connectivity index (χ3v) is 2.85. The van der Waals surface area contributed by atoms with Crippen molar-refractivity contribution >= 4 is 15.9 Å². The fraction of sp³-hybridized carbons (Fsp3) is 0.333. The second-order valence-corrected chi connectivity index (χ2v) is 3.54. The van der Waals surface area contributed by atoms with Gasteiger partial charge in [0.2, 0.25) is 0 Å². The predicted octanol–water partition coefficient (Wildman–Crippen LogP) is 2.95. The average molecular weight is 233 g/mol. The van der Waals surface area contributed by atoms with E-state index in [0.717, 1.165) is 0 Å². The van der Waals surface area contributed by atoms with E-state index in [1.54, 1.807) is 19.9 Å². The van der Waals surface area contributed by atoms with Crippen LogP contribution in [0.2, 0.25) is 0 Å². The van der Waals surface area contributed by atoms with Gasteiger partial charge in [-0.15, -0.1) is 0 Å². The highest BCUT2D eigenvalue weighted by molar-refractivity contribution is 9.10. The zero-order chi connectivity index (χ0) is 9.30. The minimum absolute atomic E-state index is 0.258. The molecule has 1 N–H and O–H groups in total. The monoisotopic (exact) mass is 232 g/mol. The largest absolute Gasteiger partial charge is 0.389 e. The minimum atomic E-state index is -0.571. The van der Waals surface area contributed by atoms with Crippen LogP contribution in [0.4, 0.5) is 4.39 Å². The summed E-state index contributed by atoms with van der Waals surface area (Å²) in [6.45, 7) is 3.32. The third-order valence-electron chi connectivity index (χ3n) is 1.80. The lowest BCUT2D eigenvalue weighted by Crippen LogP contribution is -1.96. The van der Waals surface area contributed by atoms with Crippen molar-refractivity contribution in [3.05, 3.63) is 33.5 Å². The molecular weight excluding hydrogens is 223 g/mol. The summed E-state index contributed by atoms with van der Waals surface area (Å²) in [5.74, 6) is -0.258. The Kier molecular flexibility index (Phi) is 2.85. The predicted molar refractivity (Wildman–Crippen MR) is 49.5 cm³/mol. The number of rotatable bonds is 1. The lowest BCUT2D eigenvalue weighted by Gasteiger charge is -2.09. The zero-order valence-electron chi connectivity index (χ0n) is 6.94. The molecule has 0 aliphatic heterocycles. The van der Waals surface area contributed by atoms with Crippen LogP contribution in [-0.2, 0) is 0 Å². The number of hydrogen-bond acceptors (Lipinski definition) is 1. The number of aliphatic hydroxyl groups excluding tert-OH is 1. The van der Waals surface area contributed by atoms with Crippen LogP contribution in [0, 0.1) is 12.7 Å². The maximum Gasteiger partial charge on any atom is 0.127 e. The highest BCUT2D eigenvalue weighted by Crippen LogP contribution is 2.27. The SMILES string of the molecule is Cc1c(F)ccc(C(C)O)c1Br. The van der Waals surface area contributed by atoms with Gasteiger partial charge in [-0.1, -0.05) is 22.0 Å². The molecular formula is C9H10BrFO. The number of benzene rings is 1. The molecule has 1 nitrogen and oxygen atoms in total. The van der Waals surface area contributed by atoms with E-state index in [2.05, 4.69) is 15.9 Å².